The first-order valence-electron chi connectivity index (χ1n) is 3.56. The lowest BCUT2D eigenvalue weighted by Crippen LogP contribution is -1.99. The van der Waals surface area contributed by atoms with Crippen LogP contribution in [0.15, 0.2) is 0 Å². The first-order chi connectivity index (χ1) is 4.38. The minimum Gasteiger partial charge on any atom is -0.377 e. The summed E-state index contributed by atoms with van der Waals surface area (Å²) in [6.07, 6.45) is 3.06. The van der Waals surface area contributed by atoms with Crippen molar-refractivity contribution in [2.75, 3.05) is 12.5 Å². The number of ether oxygens (including phenoxy) is 1. The number of rotatable bonds is 4. The Morgan fingerprint density at radius 1 is 1.67 bits per heavy atom. The predicted octanol–water partition coefficient (Wildman–Crippen LogP) is 2.04. The van der Waals surface area contributed by atoms with Crippen LogP contribution in [-0.2, 0) is 4.74 Å². The summed E-state index contributed by atoms with van der Waals surface area (Å²) < 4.78 is 5.37. The summed E-state index contributed by atoms with van der Waals surface area (Å²) in [4.78, 5) is 0. The van der Waals surface area contributed by atoms with Gasteiger partial charge in [-0.05, 0) is 12.3 Å². The first kappa shape index (κ1) is 7.36. The Labute approximate surface area is 61.3 Å². The summed E-state index contributed by atoms with van der Waals surface area (Å²) >= 11 is 5.44. The SMILES string of the molecule is CCC1CC1OCCCl. The van der Waals surface area contributed by atoms with Crippen molar-refractivity contribution < 1.29 is 4.74 Å². The molecule has 0 aromatic rings. The highest BCUT2D eigenvalue weighted by Crippen LogP contribution is 2.36. The summed E-state index contributed by atoms with van der Waals surface area (Å²) in [6.45, 7) is 2.93. The van der Waals surface area contributed by atoms with Gasteiger partial charge in [-0.1, -0.05) is 13.3 Å². The van der Waals surface area contributed by atoms with Crippen molar-refractivity contribution in [2.24, 2.45) is 5.92 Å². The highest BCUT2D eigenvalue weighted by atomic mass is 35.5. The zero-order valence-electron chi connectivity index (χ0n) is 5.77. The highest BCUT2D eigenvalue weighted by Gasteiger charge is 2.35. The third-order valence-electron chi connectivity index (χ3n) is 1.79. The molecule has 0 N–H and O–H groups in total. The fraction of sp³-hybridized carbons (Fsp3) is 1.00. The summed E-state index contributed by atoms with van der Waals surface area (Å²) in [5, 5.41) is 0. The minimum atomic E-state index is 0.550. The summed E-state index contributed by atoms with van der Waals surface area (Å²) in [5.74, 6) is 1.47. The molecule has 1 rings (SSSR count). The molecule has 0 aliphatic heterocycles. The van der Waals surface area contributed by atoms with Gasteiger partial charge >= 0.3 is 0 Å². The fourth-order valence-corrected chi connectivity index (χ4v) is 1.14. The van der Waals surface area contributed by atoms with Crippen LogP contribution < -0.4 is 0 Å². The van der Waals surface area contributed by atoms with Gasteiger partial charge in [0.1, 0.15) is 0 Å². The van der Waals surface area contributed by atoms with E-state index in [1.165, 1.54) is 12.8 Å². The van der Waals surface area contributed by atoms with Gasteiger partial charge in [0.2, 0.25) is 0 Å². The van der Waals surface area contributed by atoms with E-state index >= 15 is 0 Å². The molecular formula is C7H13ClO. The van der Waals surface area contributed by atoms with Crippen molar-refractivity contribution in [3.05, 3.63) is 0 Å². The Bertz CT molecular complexity index is 85.0. The van der Waals surface area contributed by atoms with E-state index in [0.29, 0.717) is 12.0 Å². The van der Waals surface area contributed by atoms with Crippen molar-refractivity contribution >= 4 is 11.6 Å². The molecule has 0 radical (unpaired) electrons. The molecule has 9 heavy (non-hydrogen) atoms. The molecule has 0 aromatic heterocycles. The molecule has 0 spiro atoms. The normalized spacial score (nSPS) is 32.7. The van der Waals surface area contributed by atoms with Crippen LogP contribution >= 0.6 is 11.6 Å². The lowest BCUT2D eigenvalue weighted by molar-refractivity contribution is 0.122. The van der Waals surface area contributed by atoms with E-state index in [0.717, 1.165) is 12.5 Å². The van der Waals surface area contributed by atoms with Gasteiger partial charge in [-0.2, -0.15) is 0 Å². The zero-order valence-corrected chi connectivity index (χ0v) is 6.53. The van der Waals surface area contributed by atoms with Gasteiger partial charge in [0.25, 0.3) is 0 Å². The van der Waals surface area contributed by atoms with Gasteiger partial charge in [-0.15, -0.1) is 11.6 Å². The molecule has 1 aliphatic rings. The average Bonchev–Trinajstić information content (AvgIpc) is 2.62. The van der Waals surface area contributed by atoms with Crippen LogP contribution in [-0.4, -0.2) is 18.6 Å². The topological polar surface area (TPSA) is 9.23 Å². The second-order valence-electron chi connectivity index (χ2n) is 2.50. The van der Waals surface area contributed by atoms with Crippen molar-refractivity contribution in [2.45, 2.75) is 25.9 Å². The quantitative estimate of drug-likeness (QED) is 0.555. The second kappa shape index (κ2) is 3.43. The Hall–Kier alpha value is 0.250. The van der Waals surface area contributed by atoms with Crippen LogP contribution in [0.4, 0.5) is 0 Å². The van der Waals surface area contributed by atoms with E-state index in [-0.39, 0.29) is 0 Å². The lowest BCUT2D eigenvalue weighted by Gasteiger charge is -1.96. The molecule has 0 saturated heterocycles. The fourth-order valence-electron chi connectivity index (χ4n) is 1.05. The van der Waals surface area contributed by atoms with Crippen LogP contribution in [0.2, 0.25) is 0 Å². The maximum absolute atomic E-state index is 5.44. The summed E-state index contributed by atoms with van der Waals surface area (Å²) in [7, 11) is 0. The van der Waals surface area contributed by atoms with Crippen molar-refractivity contribution in [3.63, 3.8) is 0 Å². The van der Waals surface area contributed by atoms with Gasteiger partial charge in [0.15, 0.2) is 0 Å². The summed E-state index contributed by atoms with van der Waals surface area (Å²) in [6, 6.07) is 0. The van der Waals surface area contributed by atoms with Crippen molar-refractivity contribution in [1.82, 2.24) is 0 Å². The van der Waals surface area contributed by atoms with Crippen LogP contribution in [0.25, 0.3) is 0 Å². The van der Waals surface area contributed by atoms with E-state index in [2.05, 4.69) is 6.92 Å². The average molecular weight is 149 g/mol. The maximum Gasteiger partial charge on any atom is 0.0608 e. The van der Waals surface area contributed by atoms with Gasteiger partial charge in [-0.3, -0.25) is 0 Å². The Balaban J connectivity index is 1.92. The van der Waals surface area contributed by atoms with Gasteiger partial charge in [0.05, 0.1) is 12.7 Å². The van der Waals surface area contributed by atoms with E-state index in [9.17, 15) is 0 Å². The first-order valence-corrected chi connectivity index (χ1v) is 4.09. The zero-order chi connectivity index (χ0) is 6.69. The smallest absolute Gasteiger partial charge is 0.0608 e. The Morgan fingerprint density at radius 2 is 2.44 bits per heavy atom. The molecule has 54 valence electrons. The van der Waals surface area contributed by atoms with Crippen LogP contribution in [0.5, 0.6) is 0 Å². The largest absolute Gasteiger partial charge is 0.377 e. The molecule has 1 saturated carbocycles. The van der Waals surface area contributed by atoms with Crippen LogP contribution in [0.1, 0.15) is 19.8 Å². The minimum absolute atomic E-state index is 0.550. The second-order valence-corrected chi connectivity index (χ2v) is 2.88. The molecule has 2 unspecified atom stereocenters. The highest BCUT2D eigenvalue weighted by molar-refractivity contribution is 6.17. The molecular weight excluding hydrogens is 136 g/mol. The van der Waals surface area contributed by atoms with Gasteiger partial charge < -0.3 is 4.74 Å². The number of alkyl halides is 1. The molecule has 0 bridgehead atoms. The standard InChI is InChI=1S/C7H13ClO/c1-2-6-5-7(6)9-4-3-8/h6-7H,2-5H2,1H3. The maximum atomic E-state index is 5.44. The molecule has 2 atom stereocenters. The van der Waals surface area contributed by atoms with Gasteiger partial charge in [0, 0.05) is 5.88 Å². The van der Waals surface area contributed by atoms with Crippen molar-refractivity contribution in [1.29, 1.82) is 0 Å². The molecule has 1 aliphatic carbocycles. The van der Waals surface area contributed by atoms with Crippen LogP contribution in [0, 0.1) is 5.92 Å². The molecule has 0 amide bonds. The third kappa shape index (κ3) is 2.15. The predicted molar refractivity (Wildman–Crippen MR) is 38.9 cm³/mol. The molecule has 1 nitrogen and oxygen atoms in total. The lowest BCUT2D eigenvalue weighted by atomic mass is 10.3. The molecule has 0 heterocycles. The number of hydrogen-bond donors (Lipinski definition) is 0. The van der Waals surface area contributed by atoms with Crippen molar-refractivity contribution in [3.8, 4) is 0 Å². The van der Waals surface area contributed by atoms with Crippen LogP contribution in [0.3, 0.4) is 0 Å². The Kier molecular flexibility index (Phi) is 2.80. The van der Waals surface area contributed by atoms with E-state index in [4.69, 9.17) is 16.3 Å². The Morgan fingerprint density at radius 3 is 2.89 bits per heavy atom. The third-order valence-corrected chi connectivity index (χ3v) is 1.95. The summed E-state index contributed by atoms with van der Waals surface area (Å²) in [5.41, 5.74) is 0. The molecule has 1 fully saturated rings. The van der Waals surface area contributed by atoms with E-state index < -0.39 is 0 Å². The monoisotopic (exact) mass is 148 g/mol. The van der Waals surface area contributed by atoms with E-state index in [1.807, 2.05) is 0 Å². The number of hydrogen-bond acceptors (Lipinski definition) is 1. The number of halogens is 1. The van der Waals surface area contributed by atoms with Gasteiger partial charge in [-0.25, -0.2) is 0 Å². The molecule has 0 aromatic carbocycles. The molecule has 2 heteroatoms. The van der Waals surface area contributed by atoms with E-state index in [1.54, 1.807) is 0 Å².